The van der Waals surface area contributed by atoms with E-state index in [-0.39, 0.29) is 6.79 Å². The molecule has 20 heavy (non-hydrogen) atoms. The van der Waals surface area contributed by atoms with E-state index in [9.17, 15) is 5.11 Å². The Labute approximate surface area is 118 Å². The summed E-state index contributed by atoms with van der Waals surface area (Å²) < 4.78 is 10.7. The highest BCUT2D eigenvalue weighted by molar-refractivity contribution is 5.50. The first kappa shape index (κ1) is 12.8. The van der Waals surface area contributed by atoms with Gasteiger partial charge in [0, 0.05) is 0 Å². The van der Waals surface area contributed by atoms with Gasteiger partial charge in [0.1, 0.15) is 5.60 Å². The standard InChI is InChI=1S/C17H16O3/c1-3-17(18,13-6-4-12(2)5-7-13)14-8-9-15-16(10-14)20-11-19-15/h3-10,18H,1,11H2,2H3. The van der Waals surface area contributed by atoms with Gasteiger partial charge >= 0.3 is 0 Å². The van der Waals surface area contributed by atoms with Crippen LogP contribution in [0.5, 0.6) is 11.5 Å². The minimum atomic E-state index is -1.24. The van der Waals surface area contributed by atoms with Crippen molar-refractivity contribution in [3.05, 3.63) is 71.8 Å². The van der Waals surface area contributed by atoms with E-state index in [4.69, 9.17) is 9.47 Å². The Hall–Kier alpha value is -2.26. The Morgan fingerprint density at radius 2 is 1.70 bits per heavy atom. The van der Waals surface area contributed by atoms with Gasteiger partial charge in [-0.3, -0.25) is 0 Å². The first-order valence-corrected chi connectivity index (χ1v) is 6.47. The third-order valence-corrected chi connectivity index (χ3v) is 3.60. The lowest BCUT2D eigenvalue weighted by molar-refractivity contribution is 0.134. The van der Waals surface area contributed by atoms with Crippen LogP contribution in [0.15, 0.2) is 55.1 Å². The first-order valence-electron chi connectivity index (χ1n) is 6.47. The molecule has 0 amide bonds. The van der Waals surface area contributed by atoms with E-state index >= 15 is 0 Å². The van der Waals surface area contributed by atoms with Crippen LogP contribution in [0.25, 0.3) is 0 Å². The van der Waals surface area contributed by atoms with Crippen LogP contribution in [0.4, 0.5) is 0 Å². The fourth-order valence-corrected chi connectivity index (χ4v) is 2.34. The zero-order chi connectivity index (χ0) is 14.2. The normalized spacial score (nSPS) is 15.7. The lowest BCUT2D eigenvalue weighted by Crippen LogP contribution is -2.24. The van der Waals surface area contributed by atoms with Crippen LogP contribution in [0, 0.1) is 6.92 Å². The Morgan fingerprint density at radius 3 is 2.40 bits per heavy atom. The van der Waals surface area contributed by atoms with Crippen molar-refractivity contribution in [3.8, 4) is 11.5 Å². The van der Waals surface area contributed by atoms with Crippen molar-refractivity contribution in [1.29, 1.82) is 0 Å². The van der Waals surface area contributed by atoms with Crippen LogP contribution in [0.2, 0.25) is 0 Å². The molecule has 3 nitrogen and oxygen atoms in total. The Balaban J connectivity index is 2.08. The Bertz CT molecular complexity index is 646. The molecule has 1 aliphatic heterocycles. The van der Waals surface area contributed by atoms with Crippen molar-refractivity contribution in [3.63, 3.8) is 0 Å². The number of hydrogen-bond acceptors (Lipinski definition) is 3. The number of fused-ring (bicyclic) bond motifs is 1. The second-order valence-corrected chi connectivity index (χ2v) is 4.90. The van der Waals surface area contributed by atoms with Crippen LogP contribution in [0.1, 0.15) is 16.7 Å². The van der Waals surface area contributed by atoms with Gasteiger partial charge in [-0.05, 0) is 30.2 Å². The smallest absolute Gasteiger partial charge is 0.231 e. The van der Waals surface area contributed by atoms with E-state index < -0.39 is 5.60 Å². The Morgan fingerprint density at radius 1 is 1.05 bits per heavy atom. The summed E-state index contributed by atoms with van der Waals surface area (Å²) in [7, 11) is 0. The number of rotatable bonds is 3. The average Bonchev–Trinajstić information content (AvgIpc) is 2.94. The maximum absolute atomic E-state index is 11.0. The van der Waals surface area contributed by atoms with Crippen molar-refractivity contribution >= 4 is 0 Å². The molecule has 0 saturated carbocycles. The number of aliphatic hydroxyl groups is 1. The molecule has 1 aliphatic rings. The summed E-state index contributed by atoms with van der Waals surface area (Å²) in [5.74, 6) is 1.35. The molecule has 0 fully saturated rings. The summed E-state index contributed by atoms with van der Waals surface area (Å²) in [6.45, 7) is 6.01. The molecule has 1 unspecified atom stereocenters. The van der Waals surface area contributed by atoms with Crippen LogP contribution in [-0.2, 0) is 5.60 Å². The maximum atomic E-state index is 11.0. The van der Waals surface area contributed by atoms with Gasteiger partial charge in [-0.15, -0.1) is 0 Å². The van der Waals surface area contributed by atoms with Crippen LogP contribution in [-0.4, -0.2) is 11.9 Å². The summed E-state index contributed by atoms with van der Waals surface area (Å²) in [4.78, 5) is 0. The van der Waals surface area contributed by atoms with E-state index in [1.54, 1.807) is 12.1 Å². The van der Waals surface area contributed by atoms with Crippen molar-refractivity contribution in [2.45, 2.75) is 12.5 Å². The summed E-state index contributed by atoms with van der Waals surface area (Å²) in [5.41, 5.74) is 1.39. The van der Waals surface area contributed by atoms with Gasteiger partial charge < -0.3 is 14.6 Å². The molecule has 3 rings (SSSR count). The molecule has 3 heteroatoms. The number of aryl methyl sites for hydroxylation is 1. The molecular formula is C17H16O3. The monoisotopic (exact) mass is 268 g/mol. The minimum Gasteiger partial charge on any atom is -0.454 e. The molecule has 2 aromatic carbocycles. The highest BCUT2D eigenvalue weighted by atomic mass is 16.7. The highest BCUT2D eigenvalue weighted by Gasteiger charge is 2.29. The fraction of sp³-hybridized carbons (Fsp3) is 0.176. The van der Waals surface area contributed by atoms with E-state index in [1.807, 2.05) is 37.3 Å². The van der Waals surface area contributed by atoms with Crippen LogP contribution < -0.4 is 9.47 Å². The molecule has 2 aromatic rings. The molecule has 0 aliphatic carbocycles. The minimum absolute atomic E-state index is 0.218. The van der Waals surface area contributed by atoms with Gasteiger partial charge in [-0.25, -0.2) is 0 Å². The molecule has 0 saturated heterocycles. The number of hydrogen-bond donors (Lipinski definition) is 1. The summed E-state index contributed by atoms with van der Waals surface area (Å²) in [6.07, 6.45) is 1.54. The molecular weight excluding hydrogens is 252 g/mol. The Kier molecular flexibility index (Phi) is 2.99. The van der Waals surface area contributed by atoms with Gasteiger partial charge in [0.15, 0.2) is 11.5 Å². The quantitative estimate of drug-likeness (QED) is 0.869. The van der Waals surface area contributed by atoms with Crippen molar-refractivity contribution in [1.82, 2.24) is 0 Å². The second kappa shape index (κ2) is 4.69. The molecule has 0 radical (unpaired) electrons. The molecule has 0 bridgehead atoms. The molecule has 102 valence electrons. The predicted molar refractivity (Wildman–Crippen MR) is 76.9 cm³/mol. The third-order valence-electron chi connectivity index (χ3n) is 3.60. The summed E-state index contributed by atoms with van der Waals surface area (Å²) in [5, 5.41) is 11.0. The van der Waals surface area contributed by atoms with Gasteiger partial charge in [-0.1, -0.05) is 48.6 Å². The highest BCUT2D eigenvalue weighted by Crippen LogP contribution is 2.38. The topological polar surface area (TPSA) is 38.7 Å². The lowest BCUT2D eigenvalue weighted by Gasteiger charge is -2.26. The largest absolute Gasteiger partial charge is 0.454 e. The van der Waals surface area contributed by atoms with Crippen LogP contribution in [0.3, 0.4) is 0 Å². The molecule has 0 spiro atoms. The van der Waals surface area contributed by atoms with Gasteiger partial charge in [0.05, 0.1) is 0 Å². The molecule has 0 aromatic heterocycles. The number of ether oxygens (including phenoxy) is 2. The van der Waals surface area contributed by atoms with Gasteiger partial charge in [0.25, 0.3) is 0 Å². The maximum Gasteiger partial charge on any atom is 0.231 e. The van der Waals surface area contributed by atoms with E-state index in [1.165, 1.54) is 6.08 Å². The van der Waals surface area contributed by atoms with E-state index in [2.05, 4.69) is 6.58 Å². The lowest BCUT2D eigenvalue weighted by atomic mass is 9.86. The summed E-state index contributed by atoms with van der Waals surface area (Å²) in [6, 6.07) is 13.2. The fourth-order valence-electron chi connectivity index (χ4n) is 2.34. The summed E-state index contributed by atoms with van der Waals surface area (Å²) >= 11 is 0. The van der Waals surface area contributed by atoms with Gasteiger partial charge in [-0.2, -0.15) is 0 Å². The third kappa shape index (κ3) is 1.96. The average molecular weight is 268 g/mol. The SMILES string of the molecule is C=CC(O)(c1ccc(C)cc1)c1ccc2c(c1)OCO2. The molecule has 1 N–H and O–H groups in total. The second-order valence-electron chi connectivity index (χ2n) is 4.90. The van der Waals surface area contributed by atoms with Crippen molar-refractivity contribution in [2.24, 2.45) is 0 Å². The van der Waals surface area contributed by atoms with Crippen molar-refractivity contribution < 1.29 is 14.6 Å². The molecule has 1 atom stereocenters. The van der Waals surface area contributed by atoms with Gasteiger partial charge in [0.2, 0.25) is 6.79 Å². The zero-order valence-corrected chi connectivity index (χ0v) is 11.3. The van der Waals surface area contributed by atoms with Crippen LogP contribution >= 0.6 is 0 Å². The van der Waals surface area contributed by atoms with Crippen molar-refractivity contribution in [2.75, 3.05) is 6.79 Å². The zero-order valence-electron chi connectivity index (χ0n) is 11.3. The van der Waals surface area contributed by atoms with E-state index in [0.29, 0.717) is 17.1 Å². The first-order chi connectivity index (χ1) is 9.63. The van der Waals surface area contributed by atoms with E-state index in [0.717, 1.165) is 11.1 Å². The molecule has 1 heterocycles. The predicted octanol–water partition coefficient (Wildman–Crippen LogP) is 3.15. The number of benzene rings is 2.